The lowest BCUT2D eigenvalue weighted by Gasteiger charge is -2.23. The highest BCUT2D eigenvalue weighted by molar-refractivity contribution is 6.13. The van der Waals surface area contributed by atoms with Crippen molar-refractivity contribution in [3.8, 4) is 5.75 Å². The smallest absolute Gasteiger partial charge is 0.260 e. The number of ether oxygens (including phenoxy) is 1. The zero-order valence-corrected chi connectivity index (χ0v) is 17.2. The van der Waals surface area contributed by atoms with E-state index in [0.717, 1.165) is 28.3 Å². The van der Waals surface area contributed by atoms with E-state index in [9.17, 15) is 9.90 Å². The summed E-state index contributed by atoms with van der Waals surface area (Å²) in [5.41, 5.74) is 4.60. The fourth-order valence-corrected chi connectivity index (χ4v) is 3.58. The van der Waals surface area contributed by atoms with Gasteiger partial charge in [0.05, 0.1) is 47.7 Å². The maximum Gasteiger partial charge on any atom is 0.260 e. The van der Waals surface area contributed by atoms with Gasteiger partial charge in [-0.3, -0.25) is 4.79 Å². The number of benzene rings is 2. The molecule has 0 saturated heterocycles. The highest BCUT2D eigenvalue weighted by Gasteiger charge is 2.27. The van der Waals surface area contributed by atoms with E-state index in [1.165, 1.54) is 0 Å². The van der Waals surface area contributed by atoms with E-state index in [0.29, 0.717) is 23.7 Å². The molecule has 7 nitrogen and oxygen atoms in total. The van der Waals surface area contributed by atoms with Crippen LogP contribution in [0, 0.1) is 0 Å². The molecule has 1 aliphatic heterocycles. The Balaban J connectivity index is 1.74. The summed E-state index contributed by atoms with van der Waals surface area (Å²) in [4.78, 5) is 21.1. The Kier molecular flexibility index (Phi) is 5.29. The number of anilines is 5. The molecular formula is C23H24N4O3. The van der Waals surface area contributed by atoms with Crippen molar-refractivity contribution in [2.75, 3.05) is 35.8 Å². The molecule has 2 heterocycles. The van der Waals surface area contributed by atoms with Crippen LogP contribution in [0.15, 0.2) is 54.7 Å². The number of rotatable bonds is 5. The quantitative estimate of drug-likeness (QED) is 0.667. The lowest BCUT2D eigenvalue weighted by atomic mass is 10.1. The maximum atomic E-state index is 12.9. The number of para-hydroxylation sites is 1. The molecule has 0 spiro atoms. The number of hydrogen-bond acceptors (Lipinski definition) is 6. The molecule has 1 aromatic heterocycles. The van der Waals surface area contributed by atoms with Crippen LogP contribution in [0.4, 0.5) is 28.6 Å². The molecule has 7 heteroatoms. The van der Waals surface area contributed by atoms with Crippen LogP contribution in [-0.2, 0) is 6.61 Å². The van der Waals surface area contributed by atoms with Crippen molar-refractivity contribution in [1.82, 2.24) is 4.98 Å². The van der Waals surface area contributed by atoms with Crippen molar-refractivity contribution in [2.45, 2.75) is 13.5 Å². The largest absolute Gasteiger partial charge is 0.492 e. The van der Waals surface area contributed by atoms with Crippen LogP contribution in [0.2, 0.25) is 0 Å². The number of aromatic nitrogens is 1. The number of amides is 1. The molecule has 4 rings (SSSR count). The van der Waals surface area contributed by atoms with Gasteiger partial charge in [-0.15, -0.1) is 0 Å². The van der Waals surface area contributed by atoms with Crippen molar-refractivity contribution >= 4 is 34.5 Å². The fourth-order valence-electron chi connectivity index (χ4n) is 3.58. The second kappa shape index (κ2) is 8.04. The highest BCUT2D eigenvalue weighted by atomic mass is 16.5. The number of nitrogens with zero attached hydrogens (tertiary/aromatic N) is 3. The van der Waals surface area contributed by atoms with Gasteiger partial charge in [0.25, 0.3) is 5.91 Å². The van der Waals surface area contributed by atoms with Crippen LogP contribution < -0.4 is 19.9 Å². The van der Waals surface area contributed by atoms with Gasteiger partial charge < -0.3 is 25.0 Å². The van der Waals surface area contributed by atoms with E-state index in [-0.39, 0.29) is 12.5 Å². The number of aliphatic hydroxyl groups excluding tert-OH is 1. The van der Waals surface area contributed by atoms with Crippen molar-refractivity contribution < 1.29 is 14.6 Å². The predicted octanol–water partition coefficient (Wildman–Crippen LogP) is 4.07. The molecule has 2 aromatic carbocycles. The molecule has 3 aromatic rings. The minimum absolute atomic E-state index is 0.0536. The summed E-state index contributed by atoms with van der Waals surface area (Å²) < 4.78 is 5.72. The summed E-state index contributed by atoms with van der Waals surface area (Å²) in [6, 6.07) is 15.0. The molecule has 1 aliphatic rings. The third-order valence-electron chi connectivity index (χ3n) is 5.18. The van der Waals surface area contributed by atoms with E-state index in [1.807, 2.05) is 67.4 Å². The summed E-state index contributed by atoms with van der Waals surface area (Å²) in [6.07, 6.45) is 1.69. The minimum atomic E-state index is -0.0723. The van der Waals surface area contributed by atoms with Crippen LogP contribution in [0.5, 0.6) is 5.75 Å². The Hall–Kier alpha value is -3.58. The van der Waals surface area contributed by atoms with E-state index in [1.54, 1.807) is 18.1 Å². The summed E-state index contributed by atoms with van der Waals surface area (Å²) in [7, 11) is 3.70. The first-order valence-electron chi connectivity index (χ1n) is 9.78. The average Bonchev–Trinajstić information content (AvgIpc) is 2.85. The molecule has 154 valence electrons. The van der Waals surface area contributed by atoms with Crippen molar-refractivity contribution in [3.05, 3.63) is 65.9 Å². The number of hydrogen-bond donors (Lipinski definition) is 2. The molecule has 0 bridgehead atoms. The molecule has 0 fully saturated rings. The molecule has 0 unspecified atom stereocenters. The summed E-state index contributed by atoms with van der Waals surface area (Å²) >= 11 is 0. The third-order valence-corrected chi connectivity index (χ3v) is 5.18. The molecule has 0 radical (unpaired) electrons. The van der Waals surface area contributed by atoms with Gasteiger partial charge in [0.15, 0.2) is 0 Å². The second-order valence-corrected chi connectivity index (χ2v) is 7.05. The van der Waals surface area contributed by atoms with Gasteiger partial charge in [0, 0.05) is 20.2 Å². The van der Waals surface area contributed by atoms with Gasteiger partial charge in [-0.2, -0.15) is 0 Å². The van der Waals surface area contributed by atoms with Crippen molar-refractivity contribution in [1.29, 1.82) is 0 Å². The first kappa shape index (κ1) is 19.7. The number of pyridine rings is 1. The van der Waals surface area contributed by atoms with E-state index in [4.69, 9.17) is 4.74 Å². The number of aliphatic hydroxyl groups is 1. The van der Waals surface area contributed by atoms with Crippen LogP contribution in [0.3, 0.4) is 0 Å². The molecule has 0 saturated carbocycles. The van der Waals surface area contributed by atoms with Gasteiger partial charge in [-0.25, -0.2) is 4.98 Å². The van der Waals surface area contributed by atoms with Crippen molar-refractivity contribution in [3.63, 3.8) is 0 Å². The molecule has 30 heavy (non-hydrogen) atoms. The van der Waals surface area contributed by atoms with Gasteiger partial charge in [0.1, 0.15) is 11.6 Å². The average molecular weight is 404 g/mol. The second-order valence-electron chi connectivity index (χ2n) is 7.05. The minimum Gasteiger partial charge on any atom is -0.492 e. The normalized spacial score (nSPS) is 12.9. The van der Waals surface area contributed by atoms with E-state index >= 15 is 0 Å². The van der Waals surface area contributed by atoms with Gasteiger partial charge in [-0.1, -0.05) is 18.2 Å². The van der Waals surface area contributed by atoms with Crippen LogP contribution >= 0.6 is 0 Å². The number of carbonyl (C=O) groups is 1. The van der Waals surface area contributed by atoms with Gasteiger partial charge in [-0.05, 0) is 36.8 Å². The van der Waals surface area contributed by atoms with E-state index < -0.39 is 0 Å². The SMILES string of the molecule is CCOc1cc(CO)ccc1Nc1cc2c(cn1)N(C)C(=O)c1ccccc1N2C. The highest BCUT2D eigenvalue weighted by Crippen LogP contribution is 2.40. The Morgan fingerprint density at radius 2 is 1.83 bits per heavy atom. The first-order valence-corrected chi connectivity index (χ1v) is 9.78. The number of carbonyl (C=O) groups excluding carboxylic acids is 1. The zero-order valence-electron chi connectivity index (χ0n) is 17.2. The summed E-state index contributed by atoms with van der Waals surface area (Å²) in [5, 5.41) is 12.7. The van der Waals surface area contributed by atoms with Gasteiger partial charge >= 0.3 is 0 Å². The lowest BCUT2D eigenvalue weighted by molar-refractivity contribution is 0.0994. The summed E-state index contributed by atoms with van der Waals surface area (Å²) in [5.74, 6) is 1.20. The zero-order chi connectivity index (χ0) is 21.3. The number of nitrogens with one attached hydrogen (secondary N) is 1. The van der Waals surface area contributed by atoms with Crippen LogP contribution in [-0.4, -0.2) is 36.7 Å². The Labute approximate surface area is 175 Å². The number of fused-ring (bicyclic) bond motifs is 2. The lowest BCUT2D eigenvalue weighted by Crippen LogP contribution is -2.25. The monoisotopic (exact) mass is 404 g/mol. The molecule has 1 amide bonds. The van der Waals surface area contributed by atoms with E-state index in [2.05, 4.69) is 10.3 Å². The van der Waals surface area contributed by atoms with Crippen molar-refractivity contribution in [2.24, 2.45) is 0 Å². The Bertz CT molecular complexity index is 1100. The topological polar surface area (TPSA) is 77.9 Å². The molecule has 0 aliphatic carbocycles. The van der Waals surface area contributed by atoms with Gasteiger partial charge in [0.2, 0.25) is 0 Å². The first-order chi connectivity index (χ1) is 14.5. The van der Waals surface area contributed by atoms with Crippen LogP contribution in [0.1, 0.15) is 22.8 Å². The maximum absolute atomic E-state index is 12.9. The third kappa shape index (κ3) is 3.44. The summed E-state index contributed by atoms with van der Waals surface area (Å²) in [6.45, 7) is 2.37. The Morgan fingerprint density at radius 3 is 2.60 bits per heavy atom. The molecule has 0 atom stereocenters. The molecule has 2 N–H and O–H groups in total. The fraction of sp³-hybridized carbons (Fsp3) is 0.217. The standard InChI is InChI=1S/C23H24N4O3/c1-4-30-21-11-15(14-28)9-10-17(21)25-22-12-19-20(13-24-22)27(3)23(29)16-7-5-6-8-18(16)26(19)2/h5-13,28H,4,14H2,1-3H3,(H,24,25). The van der Waals surface area contributed by atoms with Crippen LogP contribution in [0.25, 0.3) is 0 Å². The molecular weight excluding hydrogens is 380 g/mol. The Morgan fingerprint density at radius 1 is 1.03 bits per heavy atom. The predicted molar refractivity (Wildman–Crippen MR) is 118 cm³/mol.